The molecule has 3 rings (SSSR count). The molecule has 128 valence electrons. The van der Waals surface area contributed by atoms with Crippen LogP contribution in [-0.4, -0.2) is 24.4 Å². The van der Waals surface area contributed by atoms with Crippen molar-refractivity contribution in [2.75, 3.05) is 13.7 Å². The molecule has 2 N–H and O–H groups in total. The minimum atomic E-state index is -0.124. The van der Waals surface area contributed by atoms with Crippen molar-refractivity contribution in [1.29, 1.82) is 0 Å². The van der Waals surface area contributed by atoms with Gasteiger partial charge in [0.05, 0.1) is 19.8 Å². The molecule has 0 amide bonds. The van der Waals surface area contributed by atoms with E-state index in [1.54, 1.807) is 7.11 Å². The van der Waals surface area contributed by atoms with Crippen LogP contribution in [0.2, 0.25) is 0 Å². The monoisotopic (exact) mass is 327 g/mol. The Labute approximate surface area is 143 Å². The number of hydrogen-bond acceptors (Lipinski definition) is 4. The van der Waals surface area contributed by atoms with E-state index in [0.29, 0.717) is 6.54 Å². The normalized spacial score (nSPS) is 16.3. The lowest BCUT2D eigenvalue weighted by atomic mass is 10.00. The van der Waals surface area contributed by atoms with Crippen molar-refractivity contribution in [3.8, 4) is 11.5 Å². The molecule has 0 spiro atoms. The molecular formula is C20H25NO3. The lowest BCUT2D eigenvalue weighted by Gasteiger charge is -2.18. The first kappa shape index (κ1) is 16.8. The smallest absolute Gasteiger partial charge is 0.123 e. The number of aliphatic hydroxyl groups excluding tert-OH is 1. The van der Waals surface area contributed by atoms with E-state index in [4.69, 9.17) is 9.47 Å². The van der Waals surface area contributed by atoms with Gasteiger partial charge in [0.25, 0.3) is 0 Å². The number of rotatable bonds is 6. The summed E-state index contributed by atoms with van der Waals surface area (Å²) in [6.07, 6.45) is 0.926. The van der Waals surface area contributed by atoms with Crippen molar-refractivity contribution in [3.63, 3.8) is 0 Å². The van der Waals surface area contributed by atoms with Crippen LogP contribution in [0.4, 0.5) is 0 Å². The summed E-state index contributed by atoms with van der Waals surface area (Å²) in [6, 6.07) is 14.0. The summed E-state index contributed by atoms with van der Waals surface area (Å²) < 4.78 is 11.2. The average Bonchev–Trinajstić information content (AvgIpc) is 2.88. The minimum Gasteiger partial charge on any atom is -0.497 e. The molecule has 1 atom stereocenters. The molecule has 0 saturated heterocycles. The first-order chi connectivity index (χ1) is 11.5. The Balaban J connectivity index is 1.68. The molecule has 0 bridgehead atoms. The number of methoxy groups -OCH3 is 1. The maximum atomic E-state index is 9.72. The van der Waals surface area contributed by atoms with Gasteiger partial charge in [-0.25, -0.2) is 0 Å². The Kier molecular flexibility index (Phi) is 4.78. The van der Waals surface area contributed by atoms with Crippen LogP contribution in [0.25, 0.3) is 0 Å². The second-order valence-electron chi connectivity index (χ2n) is 6.87. The summed E-state index contributed by atoms with van der Waals surface area (Å²) in [5.74, 6) is 1.78. The highest BCUT2D eigenvalue weighted by Gasteiger charge is 2.29. The van der Waals surface area contributed by atoms with Gasteiger partial charge in [-0.15, -0.1) is 0 Å². The third-order valence-electron chi connectivity index (χ3n) is 4.36. The average molecular weight is 327 g/mol. The van der Waals surface area contributed by atoms with Gasteiger partial charge in [-0.1, -0.05) is 24.3 Å². The second-order valence-corrected chi connectivity index (χ2v) is 6.87. The van der Waals surface area contributed by atoms with Crippen LogP contribution in [-0.2, 0) is 13.0 Å². The van der Waals surface area contributed by atoms with Gasteiger partial charge in [0, 0.05) is 13.0 Å². The topological polar surface area (TPSA) is 50.7 Å². The van der Waals surface area contributed by atoms with E-state index in [9.17, 15) is 5.11 Å². The van der Waals surface area contributed by atoms with E-state index in [0.717, 1.165) is 23.5 Å². The summed E-state index contributed by atoms with van der Waals surface area (Å²) in [5, 5.41) is 13.1. The molecule has 2 aromatic carbocycles. The number of nitrogens with one attached hydrogen (secondary N) is 1. The summed E-state index contributed by atoms with van der Waals surface area (Å²) in [6.45, 7) is 4.94. The van der Waals surface area contributed by atoms with Gasteiger partial charge in [-0.3, -0.25) is 0 Å². The first-order valence-electron chi connectivity index (χ1n) is 8.30. The van der Waals surface area contributed by atoms with Gasteiger partial charge in [-0.05, 0) is 48.7 Å². The molecule has 24 heavy (non-hydrogen) atoms. The van der Waals surface area contributed by atoms with Crippen LogP contribution in [0, 0.1) is 0 Å². The highest BCUT2D eigenvalue weighted by atomic mass is 16.5. The van der Waals surface area contributed by atoms with E-state index in [2.05, 4.69) is 31.3 Å². The van der Waals surface area contributed by atoms with Gasteiger partial charge in [0.1, 0.15) is 17.1 Å². The fraction of sp³-hybridized carbons (Fsp3) is 0.400. The van der Waals surface area contributed by atoms with Crippen LogP contribution in [0.3, 0.4) is 0 Å². The van der Waals surface area contributed by atoms with Gasteiger partial charge in [0.2, 0.25) is 0 Å². The van der Waals surface area contributed by atoms with Crippen LogP contribution < -0.4 is 14.8 Å². The summed E-state index contributed by atoms with van der Waals surface area (Å²) in [4.78, 5) is 0. The number of aliphatic hydroxyl groups is 1. The molecule has 1 unspecified atom stereocenters. The van der Waals surface area contributed by atoms with Crippen molar-refractivity contribution in [2.45, 2.75) is 38.5 Å². The highest BCUT2D eigenvalue weighted by molar-refractivity contribution is 5.42. The standard InChI is InChI=1S/C20H25NO3/c1-20(2)11-16-9-14(7-8-19(16)24-20)12-21-18(13-22)15-5-4-6-17(10-15)23-3/h4-10,18,21-22H,11-13H2,1-3H3. The Morgan fingerprint density at radius 1 is 1.25 bits per heavy atom. The zero-order valence-corrected chi connectivity index (χ0v) is 14.5. The molecule has 0 saturated carbocycles. The quantitative estimate of drug-likeness (QED) is 0.855. The fourth-order valence-electron chi connectivity index (χ4n) is 3.16. The Bertz CT molecular complexity index is 712. The van der Waals surface area contributed by atoms with Crippen molar-refractivity contribution < 1.29 is 14.6 Å². The summed E-state index contributed by atoms with van der Waals surface area (Å²) in [5.41, 5.74) is 3.34. The Hall–Kier alpha value is -2.04. The predicted molar refractivity (Wildman–Crippen MR) is 94.5 cm³/mol. The van der Waals surface area contributed by atoms with Gasteiger partial charge < -0.3 is 19.9 Å². The van der Waals surface area contributed by atoms with Gasteiger partial charge in [0.15, 0.2) is 0 Å². The third-order valence-corrected chi connectivity index (χ3v) is 4.36. The second kappa shape index (κ2) is 6.83. The van der Waals surface area contributed by atoms with E-state index in [-0.39, 0.29) is 18.2 Å². The van der Waals surface area contributed by atoms with Gasteiger partial charge >= 0.3 is 0 Å². The largest absolute Gasteiger partial charge is 0.497 e. The van der Waals surface area contributed by atoms with Gasteiger partial charge in [-0.2, -0.15) is 0 Å². The maximum absolute atomic E-state index is 9.72. The number of fused-ring (bicyclic) bond motifs is 1. The molecule has 1 aliphatic heterocycles. The zero-order chi connectivity index (χ0) is 17.2. The van der Waals surface area contributed by atoms with E-state index in [1.165, 1.54) is 11.1 Å². The van der Waals surface area contributed by atoms with E-state index in [1.807, 2.05) is 30.3 Å². The molecule has 0 fully saturated rings. The minimum absolute atomic E-state index is 0.0360. The Morgan fingerprint density at radius 2 is 2.08 bits per heavy atom. The Morgan fingerprint density at radius 3 is 2.83 bits per heavy atom. The lowest BCUT2D eigenvalue weighted by Crippen LogP contribution is -2.24. The maximum Gasteiger partial charge on any atom is 0.123 e. The molecule has 1 heterocycles. The molecule has 4 heteroatoms. The number of hydrogen-bond donors (Lipinski definition) is 2. The summed E-state index contributed by atoms with van der Waals surface area (Å²) >= 11 is 0. The highest BCUT2D eigenvalue weighted by Crippen LogP contribution is 2.35. The van der Waals surface area contributed by atoms with Crippen LogP contribution in [0.5, 0.6) is 11.5 Å². The molecule has 0 aliphatic carbocycles. The number of benzene rings is 2. The van der Waals surface area contributed by atoms with E-state index < -0.39 is 0 Å². The third kappa shape index (κ3) is 3.71. The van der Waals surface area contributed by atoms with Crippen molar-refractivity contribution in [1.82, 2.24) is 5.32 Å². The first-order valence-corrected chi connectivity index (χ1v) is 8.30. The molecular weight excluding hydrogens is 302 g/mol. The molecule has 0 aromatic heterocycles. The molecule has 0 radical (unpaired) electrons. The summed E-state index contributed by atoms with van der Waals surface area (Å²) in [7, 11) is 1.65. The predicted octanol–water partition coefficient (Wildman–Crippen LogP) is 3.23. The molecule has 4 nitrogen and oxygen atoms in total. The lowest BCUT2D eigenvalue weighted by molar-refractivity contribution is 0.138. The van der Waals surface area contributed by atoms with Crippen molar-refractivity contribution in [3.05, 3.63) is 59.2 Å². The molecule has 2 aromatic rings. The SMILES string of the molecule is COc1cccc(C(CO)NCc2ccc3c(c2)CC(C)(C)O3)c1. The van der Waals surface area contributed by atoms with Crippen LogP contribution in [0.15, 0.2) is 42.5 Å². The fourth-order valence-corrected chi connectivity index (χ4v) is 3.16. The molecule has 1 aliphatic rings. The van der Waals surface area contributed by atoms with Crippen LogP contribution in [0.1, 0.15) is 36.6 Å². The van der Waals surface area contributed by atoms with Crippen molar-refractivity contribution >= 4 is 0 Å². The van der Waals surface area contributed by atoms with Crippen LogP contribution >= 0.6 is 0 Å². The van der Waals surface area contributed by atoms with Crippen molar-refractivity contribution in [2.24, 2.45) is 0 Å². The zero-order valence-electron chi connectivity index (χ0n) is 14.5. The van der Waals surface area contributed by atoms with E-state index >= 15 is 0 Å². The number of ether oxygens (including phenoxy) is 2.